The maximum atomic E-state index is 9.35. The van der Waals surface area contributed by atoms with Crippen molar-refractivity contribution in [1.29, 1.82) is 0 Å². The zero-order valence-electron chi connectivity index (χ0n) is 7.81. The van der Waals surface area contributed by atoms with Crippen molar-refractivity contribution < 1.29 is 5.11 Å². The Morgan fingerprint density at radius 2 is 2.08 bits per heavy atom. The van der Waals surface area contributed by atoms with Crippen molar-refractivity contribution in [3.05, 3.63) is 23.3 Å². The van der Waals surface area contributed by atoms with Crippen molar-refractivity contribution in [2.24, 2.45) is 0 Å². The van der Waals surface area contributed by atoms with Gasteiger partial charge in [-0.2, -0.15) is 0 Å². The molecule has 0 radical (unpaired) electrons. The van der Waals surface area contributed by atoms with Crippen LogP contribution in [0.15, 0.2) is 12.1 Å². The highest BCUT2D eigenvalue weighted by Crippen LogP contribution is 2.19. The summed E-state index contributed by atoms with van der Waals surface area (Å²) in [6.45, 7) is 6.36. The van der Waals surface area contributed by atoms with E-state index in [1.54, 1.807) is 0 Å². The van der Waals surface area contributed by atoms with Crippen LogP contribution in [0.5, 0.6) is 5.75 Å². The van der Waals surface area contributed by atoms with Crippen molar-refractivity contribution in [3.8, 4) is 5.75 Å². The molecule has 0 bridgehead atoms. The highest BCUT2D eigenvalue weighted by Gasteiger charge is 2.03. The van der Waals surface area contributed by atoms with Gasteiger partial charge in [-0.25, -0.2) is 0 Å². The summed E-state index contributed by atoms with van der Waals surface area (Å²) in [5, 5.41) is 10.8. The molecular formula is C10H15OP. The summed E-state index contributed by atoms with van der Waals surface area (Å²) in [5.74, 6) is 0.395. The van der Waals surface area contributed by atoms with Gasteiger partial charge in [-0.1, -0.05) is 15.5 Å². The van der Waals surface area contributed by atoms with Crippen molar-refractivity contribution in [3.63, 3.8) is 0 Å². The minimum absolute atomic E-state index is 0.395. The summed E-state index contributed by atoms with van der Waals surface area (Å²) in [6.07, 6.45) is 1.01. The average Bonchev–Trinajstić information content (AvgIpc) is 2.03. The molecular weight excluding hydrogens is 167 g/mol. The first kappa shape index (κ1) is 9.54. The van der Waals surface area contributed by atoms with Gasteiger partial charge in [0.25, 0.3) is 0 Å². The predicted molar refractivity (Wildman–Crippen MR) is 56.1 cm³/mol. The maximum absolute atomic E-state index is 9.35. The molecule has 0 aliphatic heterocycles. The number of benzene rings is 1. The Kier molecular flexibility index (Phi) is 3.11. The van der Waals surface area contributed by atoms with Crippen LogP contribution in [0.1, 0.15) is 18.1 Å². The SMILES string of the molecule is CCc1cc(O)cc(C)c1PC. The van der Waals surface area contributed by atoms with Gasteiger partial charge >= 0.3 is 0 Å². The van der Waals surface area contributed by atoms with Crippen molar-refractivity contribution in [1.82, 2.24) is 0 Å². The number of hydrogen-bond donors (Lipinski definition) is 1. The van der Waals surface area contributed by atoms with Gasteiger partial charge in [0, 0.05) is 0 Å². The first-order chi connectivity index (χ1) is 5.69. The zero-order valence-corrected chi connectivity index (χ0v) is 8.81. The first-order valence-electron chi connectivity index (χ1n) is 4.19. The van der Waals surface area contributed by atoms with Gasteiger partial charge in [-0.15, -0.1) is 0 Å². The second-order valence-corrected chi connectivity index (χ2v) is 3.90. The normalized spacial score (nSPS) is 11.2. The molecule has 1 atom stereocenters. The van der Waals surface area contributed by atoms with Crippen LogP contribution in [-0.2, 0) is 6.42 Å². The number of aromatic hydroxyl groups is 1. The quantitative estimate of drug-likeness (QED) is 0.695. The lowest BCUT2D eigenvalue weighted by atomic mass is 10.1. The van der Waals surface area contributed by atoms with Crippen LogP contribution in [-0.4, -0.2) is 11.8 Å². The van der Waals surface area contributed by atoms with E-state index >= 15 is 0 Å². The third kappa shape index (κ3) is 1.78. The molecule has 0 aliphatic carbocycles. The molecule has 1 unspecified atom stereocenters. The molecule has 1 rings (SSSR count). The Hall–Kier alpha value is -0.550. The number of aryl methyl sites for hydroxylation is 2. The molecule has 0 fully saturated rings. The van der Waals surface area contributed by atoms with Crippen LogP contribution in [0, 0.1) is 6.92 Å². The fourth-order valence-electron chi connectivity index (χ4n) is 1.48. The van der Waals surface area contributed by atoms with Crippen LogP contribution in [0.2, 0.25) is 0 Å². The molecule has 0 saturated carbocycles. The predicted octanol–water partition coefficient (Wildman–Crippen LogP) is 2.20. The number of hydrogen-bond acceptors (Lipinski definition) is 1. The molecule has 0 spiro atoms. The second-order valence-electron chi connectivity index (χ2n) is 2.90. The number of rotatable bonds is 2. The fraction of sp³-hybridized carbons (Fsp3) is 0.400. The molecule has 0 aliphatic rings. The molecule has 1 aromatic rings. The monoisotopic (exact) mass is 182 g/mol. The summed E-state index contributed by atoms with van der Waals surface area (Å²) in [4.78, 5) is 0. The van der Waals surface area contributed by atoms with E-state index in [4.69, 9.17) is 0 Å². The third-order valence-corrected chi connectivity index (χ3v) is 3.25. The fourth-order valence-corrected chi connectivity index (χ4v) is 2.51. The van der Waals surface area contributed by atoms with Gasteiger partial charge in [-0.3, -0.25) is 0 Å². The Morgan fingerprint density at radius 1 is 1.42 bits per heavy atom. The molecule has 2 heteroatoms. The molecule has 1 nitrogen and oxygen atoms in total. The molecule has 0 saturated heterocycles. The Bertz CT molecular complexity index is 281. The summed E-state index contributed by atoms with van der Waals surface area (Å²) >= 11 is 0. The van der Waals surface area contributed by atoms with Crippen molar-refractivity contribution in [2.75, 3.05) is 6.66 Å². The van der Waals surface area contributed by atoms with Gasteiger partial charge in [-0.05, 0) is 48.6 Å². The van der Waals surface area contributed by atoms with Crippen LogP contribution < -0.4 is 5.30 Å². The lowest BCUT2D eigenvalue weighted by Crippen LogP contribution is -2.06. The Labute approximate surface area is 75.6 Å². The van der Waals surface area contributed by atoms with Gasteiger partial charge < -0.3 is 5.11 Å². The highest BCUT2D eigenvalue weighted by molar-refractivity contribution is 7.46. The van der Waals surface area contributed by atoms with Gasteiger partial charge in [0.15, 0.2) is 0 Å². The smallest absolute Gasteiger partial charge is 0.116 e. The first-order valence-corrected chi connectivity index (χ1v) is 5.69. The van der Waals surface area contributed by atoms with Crippen LogP contribution in [0.3, 0.4) is 0 Å². The Balaban J connectivity index is 3.24. The van der Waals surface area contributed by atoms with Crippen molar-refractivity contribution in [2.45, 2.75) is 20.3 Å². The largest absolute Gasteiger partial charge is 0.508 e. The van der Waals surface area contributed by atoms with Gasteiger partial charge in [0.2, 0.25) is 0 Å². The number of phenolic OH excluding ortho intramolecular Hbond substituents is 1. The lowest BCUT2D eigenvalue weighted by molar-refractivity contribution is 0.474. The maximum Gasteiger partial charge on any atom is 0.116 e. The lowest BCUT2D eigenvalue weighted by Gasteiger charge is -2.09. The van der Waals surface area contributed by atoms with Crippen LogP contribution in [0.25, 0.3) is 0 Å². The molecule has 0 amide bonds. The van der Waals surface area contributed by atoms with E-state index in [1.165, 1.54) is 16.4 Å². The molecule has 0 heterocycles. The highest BCUT2D eigenvalue weighted by atomic mass is 31.1. The zero-order chi connectivity index (χ0) is 9.14. The van der Waals surface area contributed by atoms with Crippen LogP contribution in [0.4, 0.5) is 0 Å². The van der Waals surface area contributed by atoms with E-state index in [-0.39, 0.29) is 0 Å². The molecule has 12 heavy (non-hydrogen) atoms. The number of phenols is 1. The van der Waals surface area contributed by atoms with E-state index in [2.05, 4.69) is 20.5 Å². The molecule has 1 N–H and O–H groups in total. The van der Waals surface area contributed by atoms with E-state index in [1.807, 2.05) is 12.1 Å². The van der Waals surface area contributed by atoms with E-state index in [0.717, 1.165) is 15.0 Å². The van der Waals surface area contributed by atoms with E-state index < -0.39 is 0 Å². The third-order valence-electron chi connectivity index (χ3n) is 2.03. The molecule has 66 valence electrons. The standard InChI is InChI=1S/C10H15OP/c1-4-8-6-9(11)5-7(2)10(8)12-3/h5-6,11-12H,4H2,1-3H3. The summed E-state index contributed by atoms with van der Waals surface area (Å²) < 4.78 is 0. The summed E-state index contributed by atoms with van der Waals surface area (Å²) in [6, 6.07) is 3.71. The topological polar surface area (TPSA) is 20.2 Å². The van der Waals surface area contributed by atoms with Crippen molar-refractivity contribution >= 4 is 13.9 Å². The minimum Gasteiger partial charge on any atom is -0.508 e. The molecule has 0 aromatic heterocycles. The second kappa shape index (κ2) is 3.91. The van der Waals surface area contributed by atoms with E-state index in [9.17, 15) is 5.11 Å². The van der Waals surface area contributed by atoms with Crippen LogP contribution >= 0.6 is 8.58 Å². The van der Waals surface area contributed by atoms with E-state index in [0.29, 0.717) is 5.75 Å². The summed E-state index contributed by atoms with van der Waals surface area (Å²) in [7, 11) is 0.820. The van der Waals surface area contributed by atoms with Gasteiger partial charge in [0.1, 0.15) is 5.75 Å². The molecule has 1 aromatic carbocycles. The minimum atomic E-state index is 0.395. The Morgan fingerprint density at radius 3 is 2.58 bits per heavy atom. The summed E-state index contributed by atoms with van der Waals surface area (Å²) in [5.41, 5.74) is 2.50. The average molecular weight is 182 g/mol. The van der Waals surface area contributed by atoms with Gasteiger partial charge in [0.05, 0.1) is 0 Å².